The number of rotatable bonds is 6. The van der Waals surface area contributed by atoms with Gasteiger partial charge in [-0.1, -0.05) is 17.7 Å². The molecule has 7 heteroatoms. The Morgan fingerprint density at radius 1 is 1.30 bits per heavy atom. The Morgan fingerprint density at radius 2 is 2.22 bits per heavy atom. The highest BCUT2D eigenvalue weighted by atomic mass is 35.5. The smallest absolute Gasteiger partial charge is 0.227 e. The van der Waals surface area contributed by atoms with Crippen molar-refractivity contribution in [3.05, 3.63) is 54.1 Å². The van der Waals surface area contributed by atoms with E-state index in [0.29, 0.717) is 24.1 Å². The molecular formula is C16H16ClN5O. The Balaban J connectivity index is 1.84. The summed E-state index contributed by atoms with van der Waals surface area (Å²) in [6.07, 6.45) is 5.25. The Labute approximate surface area is 139 Å². The third-order valence-corrected chi connectivity index (χ3v) is 3.48. The first-order chi connectivity index (χ1) is 11.3. The summed E-state index contributed by atoms with van der Waals surface area (Å²) >= 11 is 5.99. The third-order valence-electron chi connectivity index (χ3n) is 3.25. The molecule has 0 aliphatic rings. The van der Waals surface area contributed by atoms with Crippen molar-refractivity contribution in [2.75, 3.05) is 19.0 Å². The molecule has 0 aliphatic carbocycles. The minimum absolute atomic E-state index is 0.504. The molecule has 0 bridgehead atoms. The molecule has 2 heterocycles. The molecule has 0 amide bonds. The molecule has 0 unspecified atom stereocenters. The number of ether oxygens (including phenoxy) is 1. The van der Waals surface area contributed by atoms with Gasteiger partial charge in [0.25, 0.3) is 0 Å². The van der Waals surface area contributed by atoms with Gasteiger partial charge in [-0.25, -0.2) is 15.0 Å². The van der Waals surface area contributed by atoms with Crippen LogP contribution in [0.25, 0.3) is 11.4 Å². The van der Waals surface area contributed by atoms with Crippen LogP contribution in [0.5, 0.6) is 0 Å². The Morgan fingerprint density at radius 3 is 3.04 bits per heavy atom. The highest BCUT2D eigenvalue weighted by Gasteiger charge is 2.08. The second-order valence-corrected chi connectivity index (χ2v) is 5.30. The summed E-state index contributed by atoms with van der Waals surface area (Å²) in [4.78, 5) is 13.0. The van der Waals surface area contributed by atoms with Crippen molar-refractivity contribution < 1.29 is 4.74 Å². The van der Waals surface area contributed by atoms with E-state index in [1.165, 1.54) is 0 Å². The number of hydrogen-bond acceptors (Lipinski definition) is 5. The number of methoxy groups -OCH3 is 1. The molecule has 118 valence electrons. The van der Waals surface area contributed by atoms with Crippen LogP contribution in [0, 0.1) is 0 Å². The molecule has 0 saturated carbocycles. The van der Waals surface area contributed by atoms with Crippen LogP contribution >= 0.6 is 11.6 Å². The van der Waals surface area contributed by atoms with Crippen molar-refractivity contribution in [2.45, 2.75) is 6.54 Å². The van der Waals surface area contributed by atoms with Gasteiger partial charge >= 0.3 is 0 Å². The van der Waals surface area contributed by atoms with Gasteiger partial charge in [-0.2, -0.15) is 0 Å². The monoisotopic (exact) mass is 329 g/mol. The topological polar surface area (TPSA) is 64.9 Å². The van der Waals surface area contributed by atoms with Gasteiger partial charge < -0.3 is 14.6 Å². The van der Waals surface area contributed by atoms with Crippen LogP contribution in [-0.4, -0.2) is 33.2 Å². The average Bonchev–Trinajstić information content (AvgIpc) is 3.01. The van der Waals surface area contributed by atoms with Crippen molar-refractivity contribution in [1.82, 2.24) is 19.5 Å². The first kappa shape index (κ1) is 15.5. The molecule has 2 aromatic heterocycles. The van der Waals surface area contributed by atoms with Gasteiger partial charge in [-0.3, -0.25) is 0 Å². The second-order valence-electron chi connectivity index (χ2n) is 4.87. The summed E-state index contributed by atoms with van der Waals surface area (Å²) in [5.74, 6) is 0.504. The van der Waals surface area contributed by atoms with Crippen LogP contribution in [0.15, 0.2) is 49.1 Å². The predicted octanol–water partition coefficient (Wildman–Crippen LogP) is 3.38. The fourth-order valence-electron chi connectivity index (χ4n) is 2.16. The number of nitrogens with one attached hydrogen (secondary N) is 1. The standard InChI is InChI=1S/C16H16ClN5O/c1-23-8-7-22-11-18-10-15(22)14-5-6-19-16(21-14)20-13-4-2-3-12(17)9-13/h2-6,9-11H,7-8H2,1H3,(H,19,20,21). The zero-order valence-corrected chi connectivity index (χ0v) is 13.4. The van der Waals surface area contributed by atoms with E-state index < -0.39 is 0 Å². The summed E-state index contributed by atoms with van der Waals surface area (Å²) in [6.45, 7) is 1.33. The first-order valence-electron chi connectivity index (χ1n) is 7.11. The first-order valence-corrected chi connectivity index (χ1v) is 7.49. The van der Waals surface area contributed by atoms with Crippen LogP contribution in [0.4, 0.5) is 11.6 Å². The Hall–Kier alpha value is -2.44. The van der Waals surface area contributed by atoms with Gasteiger partial charge in [-0.05, 0) is 24.3 Å². The third kappa shape index (κ3) is 3.85. The summed E-state index contributed by atoms with van der Waals surface area (Å²) in [7, 11) is 1.67. The largest absolute Gasteiger partial charge is 0.383 e. The number of benzene rings is 1. The molecule has 3 rings (SSSR count). The summed E-state index contributed by atoms with van der Waals surface area (Å²) in [5, 5.41) is 3.80. The highest BCUT2D eigenvalue weighted by Crippen LogP contribution is 2.21. The van der Waals surface area contributed by atoms with Crippen molar-refractivity contribution in [3.63, 3.8) is 0 Å². The maximum absolute atomic E-state index is 5.99. The van der Waals surface area contributed by atoms with Gasteiger partial charge in [0.05, 0.1) is 30.5 Å². The van der Waals surface area contributed by atoms with Crippen LogP contribution in [0.3, 0.4) is 0 Å². The van der Waals surface area contributed by atoms with Gasteiger partial charge in [0.1, 0.15) is 0 Å². The van der Waals surface area contributed by atoms with E-state index in [0.717, 1.165) is 17.1 Å². The van der Waals surface area contributed by atoms with Crippen molar-refractivity contribution in [2.24, 2.45) is 0 Å². The molecule has 0 fully saturated rings. The predicted molar refractivity (Wildman–Crippen MR) is 89.9 cm³/mol. The fourth-order valence-corrected chi connectivity index (χ4v) is 2.35. The van der Waals surface area contributed by atoms with Gasteiger partial charge in [0.15, 0.2) is 0 Å². The number of imidazole rings is 1. The summed E-state index contributed by atoms with van der Waals surface area (Å²) in [6, 6.07) is 9.27. The fraction of sp³-hybridized carbons (Fsp3) is 0.188. The molecule has 3 aromatic rings. The number of hydrogen-bond donors (Lipinski definition) is 1. The number of nitrogens with zero attached hydrogens (tertiary/aromatic N) is 4. The van der Waals surface area contributed by atoms with Crippen LogP contribution < -0.4 is 5.32 Å². The van der Waals surface area contributed by atoms with Gasteiger partial charge in [-0.15, -0.1) is 0 Å². The lowest BCUT2D eigenvalue weighted by atomic mass is 10.3. The van der Waals surface area contributed by atoms with E-state index in [-0.39, 0.29) is 0 Å². The quantitative estimate of drug-likeness (QED) is 0.751. The summed E-state index contributed by atoms with van der Waals surface area (Å²) in [5.41, 5.74) is 2.54. The molecule has 0 radical (unpaired) electrons. The molecule has 1 N–H and O–H groups in total. The average molecular weight is 330 g/mol. The van der Waals surface area contributed by atoms with E-state index in [1.807, 2.05) is 34.9 Å². The lowest BCUT2D eigenvalue weighted by Gasteiger charge is -2.09. The van der Waals surface area contributed by atoms with Crippen molar-refractivity contribution in [3.8, 4) is 11.4 Å². The lowest BCUT2D eigenvalue weighted by Crippen LogP contribution is -2.05. The zero-order valence-electron chi connectivity index (χ0n) is 12.6. The van der Waals surface area contributed by atoms with Crippen molar-refractivity contribution >= 4 is 23.2 Å². The molecule has 0 spiro atoms. The Kier molecular flexibility index (Phi) is 4.85. The van der Waals surface area contributed by atoms with Gasteiger partial charge in [0, 0.05) is 30.6 Å². The lowest BCUT2D eigenvalue weighted by molar-refractivity contribution is 0.187. The van der Waals surface area contributed by atoms with Crippen molar-refractivity contribution in [1.29, 1.82) is 0 Å². The van der Waals surface area contributed by atoms with E-state index in [2.05, 4.69) is 20.3 Å². The minimum atomic E-state index is 0.504. The second kappa shape index (κ2) is 7.21. The van der Waals surface area contributed by atoms with Crippen LogP contribution in [-0.2, 0) is 11.3 Å². The van der Waals surface area contributed by atoms with E-state index in [9.17, 15) is 0 Å². The zero-order chi connectivity index (χ0) is 16.1. The van der Waals surface area contributed by atoms with Crippen LogP contribution in [0.1, 0.15) is 0 Å². The maximum Gasteiger partial charge on any atom is 0.227 e. The SMILES string of the molecule is COCCn1cncc1-c1ccnc(Nc2cccc(Cl)c2)n1. The Bertz CT molecular complexity index is 789. The number of anilines is 2. The molecule has 1 aromatic carbocycles. The maximum atomic E-state index is 5.99. The van der Waals surface area contributed by atoms with E-state index in [1.54, 1.807) is 25.8 Å². The summed E-state index contributed by atoms with van der Waals surface area (Å²) < 4.78 is 7.11. The highest BCUT2D eigenvalue weighted by molar-refractivity contribution is 6.30. The van der Waals surface area contributed by atoms with Crippen LogP contribution in [0.2, 0.25) is 5.02 Å². The molecule has 0 aliphatic heterocycles. The van der Waals surface area contributed by atoms with Gasteiger partial charge in [0.2, 0.25) is 5.95 Å². The van der Waals surface area contributed by atoms with E-state index >= 15 is 0 Å². The number of halogens is 1. The number of aromatic nitrogens is 4. The van der Waals surface area contributed by atoms with E-state index in [4.69, 9.17) is 16.3 Å². The molecule has 6 nitrogen and oxygen atoms in total. The minimum Gasteiger partial charge on any atom is -0.383 e. The molecular weight excluding hydrogens is 314 g/mol. The molecule has 0 saturated heterocycles. The normalized spacial score (nSPS) is 10.7. The molecule has 23 heavy (non-hydrogen) atoms. The molecule has 0 atom stereocenters.